The normalized spacial score (nSPS) is 15.4. The van der Waals surface area contributed by atoms with Crippen LogP contribution in [0.1, 0.15) is 54.3 Å². The van der Waals surface area contributed by atoms with Crippen molar-refractivity contribution in [1.29, 1.82) is 0 Å². The monoisotopic (exact) mass is 335 g/mol. The average molecular weight is 335 g/mol. The molecule has 128 valence electrons. The van der Waals surface area contributed by atoms with Gasteiger partial charge in [-0.2, -0.15) is 0 Å². The van der Waals surface area contributed by atoms with Crippen LogP contribution in [0.2, 0.25) is 0 Å². The summed E-state index contributed by atoms with van der Waals surface area (Å²) >= 11 is 0. The number of anilines is 1. The van der Waals surface area contributed by atoms with Gasteiger partial charge >= 0.3 is 0 Å². The van der Waals surface area contributed by atoms with Crippen molar-refractivity contribution in [2.45, 2.75) is 45.1 Å². The Morgan fingerprint density at radius 3 is 2.68 bits per heavy atom. The number of carbonyl (C=O) groups excluding carboxylic acids is 1. The van der Waals surface area contributed by atoms with E-state index in [-0.39, 0.29) is 5.91 Å². The topological polar surface area (TPSA) is 72.7 Å². The van der Waals surface area contributed by atoms with Crippen LogP contribution in [0.4, 0.5) is 5.95 Å². The Morgan fingerprint density at radius 2 is 1.92 bits per heavy atom. The van der Waals surface area contributed by atoms with Crippen LogP contribution in [-0.2, 0) is 0 Å². The van der Waals surface area contributed by atoms with Gasteiger partial charge in [0.15, 0.2) is 0 Å². The molecule has 1 N–H and O–H groups in total. The van der Waals surface area contributed by atoms with E-state index < -0.39 is 0 Å². The van der Waals surface area contributed by atoms with Crippen molar-refractivity contribution >= 4 is 22.9 Å². The van der Waals surface area contributed by atoms with Crippen molar-refractivity contribution in [2.75, 3.05) is 5.32 Å². The third-order valence-corrected chi connectivity index (χ3v) is 4.77. The van der Waals surface area contributed by atoms with Crippen molar-refractivity contribution in [3.63, 3.8) is 0 Å². The Labute approximate surface area is 146 Å². The lowest BCUT2D eigenvalue weighted by Gasteiger charge is -2.25. The van der Waals surface area contributed by atoms with Crippen molar-refractivity contribution in [1.82, 2.24) is 19.5 Å². The zero-order valence-electron chi connectivity index (χ0n) is 14.3. The van der Waals surface area contributed by atoms with Crippen LogP contribution in [0.25, 0.3) is 11.0 Å². The minimum atomic E-state index is -0.278. The minimum absolute atomic E-state index is 0.278. The summed E-state index contributed by atoms with van der Waals surface area (Å²) in [5, 5.41) is 2.94. The number of aryl methyl sites for hydroxylation is 1. The van der Waals surface area contributed by atoms with Crippen LogP contribution in [0.3, 0.4) is 0 Å². The third-order valence-electron chi connectivity index (χ3n) is 4.77. The predicted octanol–water partition coefficient (Wildman–Crippen LogP) is 3.89. The molecule has 25 heavy (non-hydrogen) atoms. The first-order chi connectivity index (χ1) is 12.2. The molecule has 1 fully saturated rings. The average Bonchev–Trinajstić information content (AvgIpc) is 3.00. The maximum Gasteiger partial charge on any atom is 0.278 e. The van der Waals surface area contributed by atoms with Gasteiger partial charge in [0.2, 0.25) is 5.95 Å². The number of fused-ring (bicyclic) bond motifs is 1. The number of rotatable bonds is 3. The van der Waals surface area contributed by atoms with E-state index >= 15 is 0 Å². The van der Waals surface area contributed by atoms with E-state index in [0.29, 0.717) is 17.7 Å². The number of imidazole rings is 1. The van der Waals surface area contributed by atoms with Crippen LogP contribution in [-0.4, -0.2) is 25.4 Å². The van der Waals surface area contributed by atoms with Gasteiger partial charge in [0.05, 0.1) is 22.9 Å². The van der Waals surface area contributed by atoms with Crippen molar-refractivity contribution < 1.29 is 4.79 Å². The molecule has 0 radical (unpaired) electrons. The second-order valence-electron chi connectivity index (χ2n) is 6.58. The first-order valence-corrected chi connectivity index (χ1v) is 8.79. The maximum atomic E-state index is 12.6. The van der Waals surface area contributed by atoms with Gasteiger partial charge in [-0.3, -0.25) is 15.1 Å². The van der Waals surface area contributed by atoms with Gasteiger partial charge < -0.3 is 4.57 Å². The SMILES string of the molecule is Cc1cnc(C(=O)Nc2nc3ccccc3n2C2CCCCC2)cn1. The van der Waals surface area contributed by atoms with E-state index in [1.807, 2.05) is 25.1 Å². The summed E-state index contributed by atoms with van der Waals surface area (Å²) in [5.41, 5.74) is 3.05. The molecule has 1 aromatic carbocycles. The van der Waals surface area contributed by atoms with E-state index in [2.05, 4.69) is 30.9 Å². The molecular weight excluding hydrogens is 314 g/mol. The second kappa shape index (κ2) is 6.63. The van der Waals surface area contributed by atoms with Gasteiger partial charge in [-0.25, -0.2) is 9.97 Å². The van der Waals surface area contributed by atoms with Crippen molar-refractivity contribution in [3.8, 4) is 0 Å². The summed E-state index contributed by atoms with van der Waals surface area (Å²) < 4.78 is 2.19. The lowest BCUT2D eigenvalue weighted by atomic mass is 9.95. The van der Waals surface area contributed by atoms with E-state index in [4.69, 9.17) is 0 Å². The number of nitrogens with one attached hydrogen (secondary N) is 1. The molecule has 3 aromatic rings. The molecule has 1 aliphatic rings. The summed E-state index contributed by atoms with van der Waals surface area (Å²) in [6, 6.07) is 8.41. The van der Waals surface area contributed by atoms with Crippen LogP contribution >= 0.6 is 0 Å². The molecule has 1 aliphatic carbocycles. The van der Waals surface area contributed by atoms with Gasteiger partial charge in [-0.15, -0.1) is 0 Å². The van der Waals surface area contributed by atoms with Crippen LogP contribution in [0.5, 0.6) is 0 Å². The van der Waals surface area contributed by atoms with Crippen molar-refractivity contribution in [2.24, 2.45) is 0 Å². The molecule has 2 aromatic heterocycles. The Morgan fingerprint density at radius 1 is 1.12 bits per heavy atom. The molecule has 4 rings (SSSR count). The molecule has 2 heterocycles. The Balaban J connectivity index is 1.70. The molecule has 0 aliphatic heterocycles. The molecule has 1 saturated carbocycles. The number of benzene rings is 1. The molecule has 0 atom stereocenters. The standard InChI is InChI=1S/C19H21N5O/c1-13-11-21-16(12-20-13)18(25)23-19-22-15-9-5-6-10-17(15)24(19)14-7-3-2-4-8-14/h5-6,9-12,14H,2-4,7-8H2,1H3,(H,22,23,25). The Bertz CT molecular complexity index is 894. The fourth-order valence-electron chi connectivity index (χ4n) is 3.52. The highest BCUT2D eigenvalue weighted by atomic mass is 16.2. The summed E-state index contributed by atoms with van der Waals surface area (Å²) in [7, 11) is 0. The molecule has 0 saturated heterocycles. The minimum Gasteiger partial charge on any atom is -0.307 e. The Hall–Kier alpha value is -2.76. The van der Waals surface area contributed by atoms with Crippen LogP contribution < -0.4 is 5.32 Å². The highest BCUT2D eigenvalue weighted by molar-refractivity contribution is 6.02. The van der Waals surface area contributed by atoms with Gasteiger partial charge in [-0.05, 0) is 31.9 Å². The molecule has 0 spiro atoms. The maximum absolute atomic E-state index is 12.6. The largest absolute Gasteiger partial charge is 0.307 e. The van der Waals surface area contributed by atoms with E-state index in [0.717, 1.165) is 29.6 Å². The Kier molecular flexibility index (Phi) is 4.17. The quantitative estimate of drug-likeness (QED) is 0.788. The number of hydrogen-bond donors (Lipinski definition) is 1. The van der Waals surface area contributed by atoms with Gasteiger partial charge in [0, 0.05) is 12.2 Å². The summed E-state index contributed by atoms with van der Waals surface area (Å²) in [6.45, 7) is 1.84. The molecule has 6 heteroatoms. The lowest BCUT2D eigenvalue weighted by molar-refractivity contribution is 0.102. The molecule has 0 bridgehead atoms. The molecule has 0 unspecified atom stereocenters. The number of amides is 1. The second-order valence-corrected chi connectivity index (χ2v) is 6.58. The lowest BCUT2D eigenvalue weighted by Crippen LogP contribution is -2.20. The zero-order valence-corrected chi connectivity index (χ0v) is 14.3. The van der Waals surface area contributed by atoms with Crippen LogP contribution in [0, 0.1) is 6.92 Å². The van der Waals surface area contributed by atoms with E-state index in [1.165, 1.54) is 25.5 Å². The first kappa shape index (κ1) is 15.7. The fourth-order valence-corrected chi connectivity index (χ4v) is 3.52. The van der Waals surface area contributed by atoms with Crippen LogP contribution in [0.15, 0.2) is 36.7 Å². The van der Waals surface area contributed by atoms with Crippen molar-refractivity contribution in [3.05, 3.63) is 48.0 Å². The van der Waals surface area contributed by atoms with E-state index in [1.54, 1.807) is 6.20 Å². The molecule has 1 amide bonds. The van der Waals surface area contributed by atoms with Gasteiger partial charge in [0.25, 0.3) is 5.91 Å². The number of hydrogen-bond acceptors (Lipinski definition) is 4. The zero-order chi connectivity index (χ0) is 17.2. The number of carbonyl (C=O) groups is 1. The molecular formula is C19H21N5O. The summed E-state index contributed by atoms with van der Waals surface area (Å²) in [6.07, 6.45) is 9.05. The predicted molar refractivity (Wildman–Crippen MR) is 96.6 cm³/mol. The smallest absolute Gasteiger partial charge is 0.278 e. The number of para-hydroxylation sites is 2. The number of nitrogens with zero attached hydrogens (tertiary/aromatic N) is 4. The summed E-state index contributed by atoms with van der Waals surface area (Å²) in [5.74, 6) is 0.320. The first-order valence-electron chi connectivity index (χ1n) is 8.79. The fraction of sp³-hybridized carbons (Fsp3) is 0.368. The molecule has 6 nitrogen and oxygen atoms in total. The summed E-state index contributed by atoms with van der Waals surface area (Å²) in [4.78, 5) is 25.5. The van der Waals surface area contributed by atoms with Gasteiger partial charge in [0.1, 0.15) is 5.69 Å². The van der Waals surface area contributed by atoms with E-state index in [9.17, 15) is 4.79 Å². The third kappa shape index (κ3) is 3.12. The highest BCUT2D eigenvalue weighted by Gasteiger charge is 2.23. The van der Waals surface area contributed by atoms with Gasteiger partial charge in [-0.1, -0.05) is 31.4 Å². The highest BCUT2D eigenvalue weighted by Crippen LogP contribution is 2.34. The number of aromatic nitrogens is 4.